The number of halogens is 1. The third kappa shape index (κ3) is 4.69. The van der Waals surface area contributed by atoms with Crippen molar-refractivity contribution in [2.75, 3.05) is 38.0 Å². The van der Waals surface area contributed by atoms with Gasteiger partial charge in [0.2, 0.25) is 5.91 Å². The fraction of sp³-hybridized carbons (Fsp3) is 0.227. The lowest BCUT2D eigenvalue weighted by molar-refractivity contribution is -0.117. The highest BCUT2D eigenvalue weighted by molar-refractivity contribution is 6.33. The van der Waals surface area contributed by atoms with Crippen molar-refractivity contribution in [2.24, 2.45) is 0 Å². The molecule has 1 N–H and O–H groups in total. The summed E-state index contributed by atoms with van der Waals surface area (Å²) in [6.07, 6.45) is 0. The molecule has 30 heavy (non-hydrogen) atoms. The van der Waals surface area contributed by atoms with Crippen molar-refractivity contribution < 1.29 is 14.1 Å². The van der Waals surface area contributed by atoms with Crippen LogP contribution in [0.25, 0.3) is 11.3 Å². The number of benzene rings is 2. The minimum absolute atomic E-state index is 0.133. The first-order valence-corrected chi connectivity index (χ1v) is 10.1. The molecule has 8 heteroatoms. The number of anilines is 1. The predicted octanol–water partition coefficient (Wildman–Crippen LogP) is 3.39. The third-order valence-corrected chi connectivity index (χ3v) is 5.29. The number of para-hydroxylation sites is 1. The number of amides is 2. The smallest absolute Gasteiger partial charge is 0.276 e. The zero-order valence-corrected chi connectivity index (χ0v) is 17.0. The van der Waals surface area contributed by atoms with Crippen molar-refractivity contribution in [3.05, 3.63) is 71.4 Å². The Bertz CT molecular complexity index is 1030. The minimum atomic E-state index is -0.166. The molecule has 0 atom stereocenters. The molecule has 0 bridgehead atoms. The molecule has 7 nitrogen and oxygen atoms in total. The van der Waals surface area contributed by atoms with Crippen molar-refractivity contribution in [1.82, 2.24) is 15.0 Å². The summed E-state index contributed by atoms with van der Waals surface area (Å²) in [5, 5.41) is 7.26. The highest BCUT2D eigenvalue weighted by Gasteiger charge is 2.25. The Hall–Kier alpha value is -3.16. The Labute approximate surface area is 179 Å². The van der Waals surface area contributed by atoms with Crippen LogP contribution in [-0.4, -0.2) is 59.5 Å². The number of carbonyl (C=O) groups is 2. The van der Waals surface area contributed by atoms with Crippen LogP contribution in [0.1, 0.15) is 10.5 Å². The van der Waals surface area contributed by atoms with E-state index < -0.39 is 0 Å². The van der Waals surface area contributed by atoms with Crippen LogP contribution in [-0.2, 0) is 4.79 Å². The maximum absolute atomic E-state index is 12.7. The monoisotopic (exact) mass is 424 g/mol. The summed E-state index contributed by atoms with van der Waals surface area (Å²) in [7, 11) is 0. The van der Waals surface area contributed by atoms with E-state index in [1.165, 1.54) is 0 Å². The van der Waals surface area contributed by atoms with Gasteiger partial charge in [-0.2, -0.15) is 0 Å². The highest BCUT2D eigenvalue weighted by atomic mass is 35.5. The lowest BCUT2D eigenvalue weighted by Gasteiger charge is -2.33. The molecule has 0 unspecified atom stereocenters. The van der Waals surface area contributed by atoms with Gasteiger partial charge in [0.1, 0.15) is 0 Å². The molecule has 1 aromatic heterocycles. The molecule has 2 aromatic carbocycles. The minimum Gasteiger partial charge on any atom is -0.355 e. The number of nitrogens with zero attached hydrogens (tertiary/aromatic N) is 3. The molecule has 1 aliphatic heterocycles. The van der Waals surface area contributed by atoms with E-state index in [0.717, 1.165) is 5.56 Å². The molecule has 154 valence electrons. The summed E-state index contributed by atoms with van der Waals surface area (Å²) >= 11 is 6.08. The fourth-order valence-corrected chi connectivity index (χ4v) is 3.52. The Morgan fingerprint density at radius 3 is 2.43 bits per heavy atom. The Kier molecular flexibility index (Phi) is 6.11. The molecule has 1 fully saturated rings. The van der Waals surface area contributed by atoms with Crippen LogP contribution in [0, 0.1) is 0 Å². The van der Waals surface area contributed by atoms with Gasteiger partial charge in [-0.1, -0.05) is 59.2 Å². The molecule has 1 saturated heterocycles. The van der Waals surface area contributed by atoms with E-state index in [1.54, 1.807) is 23.1 Å². The fourth-order valence-electron chi connectivity index (χ4n) is 3.34. The number of hydrogen-bond donors (Lipinski definition) is 1. The zero-order valence-electron chi connectivity index (χ0n) is 16.3. The number of carbonyl (C=O) groups excluding carboxylic acids is 2. The van der Waals surface area contributed by atoms with Crippen LogP contribution in [0.5, 0.6) is 0 Å². The molecule has 0 radical (unpaired) electrons. The number of nitrogens with one attached hydrogen (secondary N) is 1. The molecule has 2 amide bonds. The molecule has 0 saturated carbocycles. The molecule has 3 aromatic rings. The average molecular weight is 425 g/mol. The molecule has 2 heterocycles. The van der Waals surface area contributed by atoms with Crippen molar-refractivity contribution in [3.8, 4) is 11.3 Å². The van der Waals surface area contributed by atoms with Gasteiger partial charge in [-0.3, -0.25) is 14.5 Å². The van der Waals surface area contributed by atoms with Crippen LogP contribution in [0.3, 0.4) is 0 Å². The first-order valence-electron chi connectivity index (χ1n) is 9.68. The number of aromatic nitrogens is 1. The lowest BCUT2D eigenvalue weighted by atomic mass is 10.1. The SMILES string of the molecule is O=C(CN1CCN(C(=O)c2cc(-c3ccccc3)on2)CC1)Nc1ccccc1Cl. The van der Waals surface area contributed by atoms with Crippen LogP contribution in [0.15, 0.2) is 65.2 Å². The van der Waals surface area contributed by atoms with Crippen LogP contribution in [0.2, 0.25) is 5.02 Å². The van der Waals surface area contributed by atoms with Crippen molar-refractivity contribution in [3.63, 3.8) is 0 Å². The van der Waals surface area contributed by atoms with Crippen LogP contribution >= 0.6 is 11.6 Å². The average Bonchev–Trinajstić information content (AvgIpc) is 3.26. The van der Waals surface area contributed by atoms with E-state index in [4.69, 9.17) is 16.1 Å². The van der Waals surface area contributed by atoms with Gasteiger partial charge >= 0.3 is 0 Å². The van der Waals surface area contributed by atoms with Crippen molar-refractivity contribution in [2.45, 2.75) is 0 Å². The van der Waals surface area contributed by atoms with Gasteiger partial charge in [0.15, 0.2) is 11.5 Å². The Balaban J connectivity index is 1.29. The second-order valence-electron chi connectivity index (χ2n) is 7.04. The number of hydrogen-bond acceptors (Lipinski definition) is 5. The Morgan fingerprint density at radius 1 is 1.00 bits per heavy atom. The first kappa shape index (κ1) is 20.1. The summed E-state index contributed by atoms with van der Waals surface area (Å²) in [6.45, 7) is 2.49. The molecule has 0 aliphatic carbocycles. The standard InChI is InChI=1S/C22H21ClN4O3/c23-17-8-4-5-9-18(17)24-21(28)15-26-10-12-27(13-11-26)22(29)19-14-20(30-25-19)16-6-2-1-3-7-16/h1-9,14H,10-13,15H2,(H,24,28). The number of piperazine rings is 1. The lowest BCUT2D eigenvalue weighted by Crippen LogP contribution is -2.50. The highest BCUT2D eigenvalue weighted by Crippen LogP contribution is 2.21. The van der Waals surface area contributed by atoms with Crippen LogP contribution in [0.4, 0.5) is 5.69 Å². The van der Waals surface area contributed by atoms with Gasteiger partial charge in [-0.25, -0.2) is 0 Å². The summed E-state index contributed by atoms with van der Waals surface area (Å²) in [4.78, 5) is 28.8. The molecule has 4 rings (SSSR count). The summed E-state index contributed by atoms with van der Waals surface area (Å²) in [5.74, 6) is 0.266. The summed E-state index contributed by atoms with van der Waals surface area (Å²) in [5.41, 5.74) is 1.76. The van der Waals surface area contributed by atoms with Gasteiger partial charge in [-0.15, -0.1) is 0 Å². The third-order valence-electron chi connectivity index (χ3n) is 4.96. The molecular formula is C22H21ClN4O3. The first-order chi connectivity index (χ1) is 14.6. The molecular weight excluding hydrogens is 404 g/mol. The van der Waals surface area contributed by atoms with Gasteiger partial charge in [0.25, 0.3) is 5.91 Å². The predicted molar refractivity (Wildman–Crippen MR) is 114 cm³/mol. The van der Waals surface area contributed by atoms with Crippen molar-refractivity contribution >= 4 is 29.1 Å². The maximum atomic E-state index is 12.7. The summed E-state index contributed by atoms with van der Waals surface area (Å²) < 4.78 is 5.33. The van der Waals surface area contributed by atoms with E-state index in [2.05, 4.69) is 10.5 Å². The second kappa shape index (κ2) is 9.11. The maximum Gasteiger partial charge on any atom is 0.276 e. The van der Waals surface area contributed by atoms with Crippen molar-refractivity contribution in [1.29, 1.82) is 0 Å². The van der Waals surface area contributed by atoms with E-state index in [-0.39, 0.29) is 18.4 Å². The van der Waals surface area contributed by atoms with Crippen LogP contribution < -0.4 is 5.32 Å². The largest absolute Gasteiger partial charge is 0.355 e. The molecule has 1 aliphatic rings. The van der Waals surface area contributed by atoms with E-state index in [1.807, 2.05) is 47.4 Å². The molecule has 0 spiro atoms. The van der Waals surface area contributed by atoms with E-state index >= 15 is 0 Å². The quantitative estimate of drug-likeness (QED) is 0.679. The zero-order chi connectivity index (χ0) is 20.9. The summed E-state index contributed by atoms with van der Waals surface area (Å²) in [6, 6.07) is 18.3. The van der Waals surface area contributed by atoms with Gasteiger partial charge in [0, 0.05) is 37.8 Å². The second-order valence-corrected chi connectivity index (χ2v) is 7.45. The number of rotatable bonds is 5. The Morgan fingerprint density at radius 2 is 1.70 bits per heavy atom. The van der Waals surface area contributed by atoms with E-state index in [9.17, 15) is 9.59 Å². The van der Waals surface area contributed by atoms with Gasteiger partial charge < -0.3 is 14.7 Å². The topological polar surface area (TPSA) is 78.7 Å². The van der Waals surface area contributed by atoms with Gasteiger partial charge in [-0.05, 0) is 12.1 Å². The van der Waals surface area contributed by atoms with E-state index in [0.29, 0.717) is 48.3 Å². The van der Waals surface area contributed by atoms with Gasteiger partial charge in [0.05, 0.1) is 17.3 Å². The normalized spacial score (nSPS) is 14.5.